The van der Waals surface area contributed by atoms with Crippen molar-refractivity contribution in [3.63, 3.8) is 0 Å². The van der Waals surface area contributed by atoms with Crippen LogP contribution in [0.15, 0.2) is 200 Å². The number of hydrogen-bond acceptors (Lipinski definition) is 3. The minimum atomic E-state index is 0.631. The number of rotatable bonds is 6. The lowest BCUT2D eigenvalue weighted by Crippen LogP contribution is -2.01. The van der Waals surface area contributed by atoms with E-state index in [1.54, 1.807) is 0 Å². The fraction of sp³-hybridized carbons (Fsp3) is 0. The lowest BCUT2D eigenvalue weighted by Gasteiger charge is -2.14. The molecule has 0 bridgehead atoms. The van der Waals surface area contributed by atoms with E-state index in [0.717, 1.165) is 65.9 Å². The van der Waals surface area contributed by atoms with Crippen molar-refractivity contribution < 1.29 is 0 Å². The molecule has 0 saturated heterocycles. The molecule has 252 valence electrons. The zero-order valence-corrected chi connectivity index (χ0v) is 29.4. The number of aromatic nitrogens is 3. The number of benzene rings is 9. The van der Waals surface area contributed by atoms with Crippen molar-refractivity contribution >= 4 is 32.3 Å². The summed E-state index contributed by atoms with van der Waals surface area (Å²) in [5.74, 6) is 1.90. The van der Waals surface area contributed by atoms with Crippen molar-refractivity contribution in [1.29, 1.82) is 0 Å². The van der Waals surface area contributed by atoms with Crippen LogP contribution in [0, 0.1) is 0 Å². The average Bonchev–Trinajstić information content (AvgIpc) is 3.26. The molecule has 54 heavy (non-hydrogen) atoms. The van der Waals surface area contributed by atoms with Gasteiger partial charge >= 0.3 is 0 Å². The maximum Gasteiger partial charge on any atom is 0.164 e. The summed E-state index contributed by atoms with van der Waals surface area (Å²) < 4.78 is 0. The molecule has 0 atom stereocenters. The van der Waals surface area contributed by atoms with Gasteiger partial charge in [-0.3, -0.25) is 0 Å². The Hall–Kier alpha value is -7.23. The van der Waals surface area contributed by atoms with Gasteiger partial charge < -0.3 is 0 Å². The van der Waals surface area contributed by atoms with Gasteiger partial charge in [-0.15, -0.1) is 0 Å². The highest BCUT2D eigenvalue weighted by Crippen LogP contribution is 2.37. The molecule has 0 radical (unpaired) electrons. The van der Waals surface area contributed by atoms with Gasteiger partial charge in [-0.2, -0.15) is 0 Å². The third-order valence-corrected chi connectivity index (χ3v) is 10.3. The van der Waals surface area contributed by atoms with Gasteiger partial charge in [0.2, 0.25) is 0 Å². The van der Waals surface area contributed by atoms with Crippen molar-refractivity contribution in [1.82, 2.24) is 15.0 Å². The van der Waals surface area contributed by atoms with Crippen LogP contribution in [0.25, 0.3) is 99.9 Å². The largest absolute Gasteiger partial charge is 0.208 e. The number of nitrogens with zero attached hydrogens (tertiary/aromatic N) is 3. The number of hydrogen-bond donors (Lipinski definition) is 0. The summed E-state index contributed by atoms with van der Waals surface area (Å²) in [4.78, 5) is 15.8. The van der Waals surface area contributed by atoms with Crippen LogP contribution in [0.4, 0.5) is 0 Å². The highest BCUT2D eigenvalue weighted by molar-refractivity contribution is 6.01. The van der Waals surface area contributed by atoms with Crippen molar-refractivity contribution in [3.05, 3.63) is 200 Å². The van der Waals surface area contributed by atoms with E-state index in [1.165, 1.54) is 16.5 Å². The van der Waals surface area contributed by atoms with Crippen LogP contribution in [0.1, 0.15) is 0 Å². The summed E-state index contributed by atoms with van der Waals surface area (Å²) in [6.45, 7) is 0. The van der Waals surface area contributed by atoms with Gasteiger partial charge in [-0.25, -0.2) is 15.0 Å². The molecule has 10 rings (SSSR count). The highest BCUT2D eigenvalue weighted by atomic mass is 15.0. The zero-order chi connectivity index (χ0) is 35.8. The molecule has 0 fully saturated rings. The molecule has 0 spiro atoms. The molecule has 0 unspecified atom stereocenters. The smallest absolute Gasteiger partial charge is 0.164 e. The topological polar surface area (TPSA) is 38.7 Å². The summed E-state index contributed by atoms with van der Waals surface area (Å²) in [6, 6.07) is 70.6. The lowest BCUT2D eigenvalue weighted by atomic mass is 9.95. The van der Waals surface area contributed by atoms with Crippen molar-refractivity contribution in [2.24, 2.45) is 0 Å². The molecule has 10 aromatic rings. The van der Waals surface area contributed by atoms with Crippen LogP contribution in [0.5, 0.6) is 0 Å². The van der Waals surface area contributed by atoms with Crippen LogP contribution in [0.2, 0.25) is 0 Å². The van der Waals surface area contributed by atoms with E-state index < -0.39 is 0 Å². The highest BCUT2D eigenvalue weighted by Gasteiger charge is 2.18. The van der Waals surface area contributed by atoms with E-state index in [4.69, 9.17) is 15.0 Å². The summed E-state index contributed by atoms with van der Waals surface area (Å²) in [5.41, 5.74) is 9.78. The van der Waals surface area contributed by atoms with Crippen molar-refractivity contribution in [2.45, 2.75) is 0 Å². The van der Waals surface area contributed by atoms with E-state index in [1.807, 2.05) is 0 Å². The lowest BCUT2D eigenvalue weighted by molar-refractivity contribution is 1.08. The first kappa shape index (κ1) is 31.5. The van der Waals surface area contributed by atoms with E-state index in [9.17, 15) is 0 Å². The Bertz CT molecular complexity index is 2970. The van der Waals surface area contributed by atoms with Gasteiger partial charge in [0, 0.05) is 16.7 Å². The van der Waals surface area contributed by atoms with E-state index in [-0.39, 0.29) is 0 Å². The van der Waals surface area contributed by atoms with Gasteiger partial charge in [-0.1, -0.05) is 164 Å². The quantitative estimate of drug-likeness (QED) is 0.175. The monoisotopic (exact) mass is 687 g/mol. The zero-order valence-electron chi connectivity index (χ0n) is 29.4. The van der Waals surface area contributed by atoms with Gasteiger partial charge in [0.1, 0.15) is 0 Å². The van der Waals surface area contributed by atoms with Crippen molar-refractivity contribution in [2.75, 3.05) is 0 Å². The van der Waals surface area contributed by atoms with Crippen LogP contribution in [-0.4, -0.2) is 15.0 Å². The van der Waals surface area contributed by atoms with Crippen LogP contribution in [-0.2, 0) is 0 Å². The molecule has 9 aromatic carbocycles. The summed E-state index contributed by atoms with van der Waals surface area (Å²) in [5, 5.41) is 6.84. The average molecular weight is 688 g/mol. The second kappa shape index (κ2) is 13.4. The normalized spacial score (nSPS) is 11.3. The van der Waals surface area contributed by atoms with Crippen molar-refractivity contribution in [3.8, 4) is 67.5 Å². The Labute approximate surface area is 313 Å². The summed E-state index contributed by atoms with van der Waals surface area (Å²) >= 11 is 0. The molecular weight excluding hydrogens is 655 g/mol. The molecule has 0 saturated carbocycles. The molecule has 0 aliphatic rings. The van der Waals surface area contributed by atoms with Gasteiger partial charge in [-0.05, 0) is 102 Å². The molecule has 3 nitrogen and oxygen atoms in total. The second-order valence-corrected chi connectivity index (χ2v) is 13.7. The Balaban J connectivity index is 1.20. The maximum atomic E-state index is 5.31. The molecule has 0 aliphatic carbocycles. The van der Waals surface area contributed by atoms with Crippen LogP contribution < -0.4 is 0 Å². The van der Waals surface area contributed by atoms with Gasteiger partial charge in [0.05, 0.1) is 0 Å². The Kier molecular flexibility index (Phi) is 7.81. The predicted molar refractivity (Wildman–Crippen MR) is 225 cm³/mol. The van der Waals surface area contributed by atoms with Gasteiger partial charge in [0.15, 0.2) is 17.5 Å². The first-order valence-corrected chi connectivity index (χ1v) is 18.3. The first-order chi connectivity index (χ1) is 26.7. The molecule has 0 amide bonds. The molecule has 1 aromatic heterocycles. The number of fused-ring (bicyclic) bond motifs is 3. The third-order valence-electron chi connectivity index (χ3n) is 10.3. The van der Waals surface area contributed by atoms with E-state index in [2.05, 4.69) is 200 Å². The van der Waals surface area contributed by atoms with E-state index >= 15 is 0 Å². The second-order valence-electron chi connectivity index (χ2n) is 13.7. The minimum Gasteiger partial charge on any atom is -0.208 e. The molecule has 1 heterocycles. The fourth-order valence-electron chi connectivity index (χ4n) is 7.54. The molecular formula is C51H33N3. The maximum absolute atomic E-state index is 5.31. The first-order valence-electron chi connectivity index (χ1n) is 18.3. The van der Waals surface area contributed by atoms with Crippen LogP contribution in [0.3, 0.4) is 0 Å². The standard InChI is InChI=1S/C51H33N3/c1-4-14-34(15-5-1)37-24-25-39-29-42(27-26-38(39)28-37)49-52-50(44-31-41-21-10-12-22-45(41)47(33-44)36-18-8-3-9-19-36)54-51(53-49)48-32-43(35-16-6-2-7-17-35)30-40-20-11-13-23-46(40)48/h1-33H. The third kappa shape index (κ3) is 5.88. The Morgan fingerprint density at radius 1 is 0.222 bits per heavy atom. The van der Waals surface area contributed by atoms with E-state index in [0.29, 0.717) is 17.5 Å². The fourth-order valence-corrected chi connectivity index (χ4v) is 7.54. The molecule has 0 aliphatic heterocycles. The Morgan fingerprint density at radius 3 is 1.30 bits per heavy atom. The molecule has 3 heteroatoms. The predicted octanol–water partition coefficient (Wildman–Crippen LogP) is 13.3. The summed E-state index contributed by atoms with van der Waals surface area (Å²) in [7, 11) is 0. The Morgan fingerprint density at radius 2 is 0.648 bits per heavy atom. The van der Waals surface area contributed by atoms with Crippen LogP contribution >= 0.6 is 0 Å². The summed E-state index contributed by atoms with van der Waals surface area (Å²) in [6.07, 6.45) is 0. The van der Waals surface area contributed by atoms with Gasteiger partial charge in [0.25, 0.3) is 0 Å². The minimum absolute atomic E-state index is 0.631. The molecule has 0 N–H and O–H groups in total. The SMILES string of the molecule is c1ccc(-c2ccc3cc(-c4nc(-c5cc(-c6ccccc6)c6ccccc6c5)nc(-c5cc(-c6ccccc6)cc6ccccc56)n4)ccc3c2)cc1.